The second-order valence-electron chi connectivity index (χ2n) is 0.224. The molecular weight excluding hydrogens is 288 g/mol. The SMILES string of the molecule is [O]N=O.[O]N=O.[O]N=O.[Sm]. The van der Waals surface area contributed by atoms with Crippen molar-refractivity contribution in [3.63, 3.8) is 0 Å². The molecule has 57 valence electrons. The largest absolute Gasteiger partial charge is 0.204 e. The van der Waals surface area contributed by atoms with Gasteiger partial charge in [0, 0.05) is 40.4 Å². The van der Waals surface area contributed by atoms with Crippen LogP contribution in [0.4, 0.5) is 0 Å². The molecule has 0 spiro atoms. The Labute approximate surface area is 86.3 Å². The van der Waals surface area contributed by atoms with Crippen LogP contribution >= 0.6 is 0 Å². The predicted molar refractivity (Wildman–Crippen MR) is 19.4 cm³/mol. The minimum Gasteiger partial charge on any atom is -0.102 e. The van der Waals surface area contributed by atoms with Crippen LogP contribution in [0.25, 0.3) is 0 Å². The van der Waals surface area contributed by atoms with Crippen molar-refractivity contribution in [2.24, 2.45) is 16.0 Å². The second-order valence-corrected chi connectivity index (χ2v) is 0.224. The van der Waals surface area contributed by atoms with Crippen molar-refractivity contribution in [1.82, 2.24) is 0 Å². The molecule has 0 aromatic carbocycles. The van der Waals surface area contributed by atoms with Crippen LogP contribution in [0.3, 0.4) is 0 Å². The molecule has 10 heavy (non-hydrogen) atoms. The van der Waals surface area contributed by atoms with Crippen molar-refractivity contribution in [2.45, 2.75) is 0 Å². The van der Waals surface area contributed by atoms with Crippen molar-refractivity contribution in [2.75, 3.05) is 0 Å². The first-order chi connectivity index (χ1) is 4.24. The first-order valence-electron chi connectivity index (χ1n) is 1.10. The first kappa shape index (κ1) is 22.7. The van der Waals surface area contributed by atoms with E-state index in [9.17, 15) is 0 Å². The van der Waals surface area contributed by atoms with Crippen LogP contribution in [0.15, 0.2) is 16.0 Å². The second kappa shape index (κ2) is 75.3. The Morgan fingerprint density at radius 3 is 0.600 bits per heavy atom. The third kappa shape index (κ3) is 1510. The summed E-state index contributed by atoms with van der Waals surface area (Å²) in [7, 11) is 0. The van der Waals surface area contributed by atoms with Gasteiger partial charge >= 0.3 is 0 Å². The van der Waals surface area contributed by atoms with Crippen molar-refractivity contribution in [3.8, 4) is 0 Å². The normalized spacial score (nSPS) is 3.60. The fourth-order valence-corrected chi connectivity index (χ4v) is 0. The van der Waals surface area contributed by atoms with Gasteiger partial charge in [0.15, 0.2) is 0 Å². The van der Waals surface area contributed by atoms with Crippen molar-refractivity contribution in [1.29, 1.82) is 0 Å². The molecule has 0 aliphatic carbocycles. The third-order valence-corrected chi connectivity index (χ3v) is 0. The maximum absolute atomic E-state index is 8.00. The Balaban J connectivity index is -0.0000000257. The summed E-state index contributed by atoms with van der Waals surface area (Å²) < 4.78 is 0. The zero-order valence-electron chi connectivity index (χ0n) is 4.20. The molecule has 0 aromatic rings. The summed E-state index contributed by atoms with van der Waals surface area (Å²) in [6, 6.07) is 0. The minimum absolute atomic E-state index is 0. The zero-order valence-corrected chi connectivity index (χ0v) is 6.82. The van der Waals surface area contributed by atoms with Crippen LogP contribution in [0.5, 0.6) is 0 Å². The Morgan fingerprint density at radius 2 is 0.600 bits per heavy atom. The van der Waals surface area contributed by atoms with E-state index >= 15 is 0 Å². The van der Waals surface area contributed by atoms with Gasteiger partial charge in [0.25, 0.3) is 0 Å². The van der Waals surface area contributed by atoms with Gasteiger partial charge in [-0.1, -0.05) is 0 Å². The van der Waals surface area contributed by atoms with Crippen molar-refractivity contribution < 1.29 is 56.0 Å². The van der Waals surface area contributed by atoms with Crippen LogP contribution in [0, 0.1) is 55.1 Å². The fraction of sp³-hybridized carbons (Fsp3) is 0. The van der Waals surface area contributed by atoms with E-state index in [1.54, 1.807) is 0 Å². The van der Waals surface area contributed by atoms with Crippen LogP contribution in [-0.4, -0.2) is 0 Å². The van der Waals surface area contributed by atoms with Gasteiger partial charge in [-0.2, -0.15) is 0 Å². The molecular formula is N3O6Sm. The molecule has 0 aliphatic heterocycles. The standard InChI is InChI=1S/3NO2.Sm/c3*2-1-3;. The van der Waals surface area contributed by atoms with E-state index in [4.69, 9.17) is 30.3 Å². The molecule has 0 aliphatic rings. The van der Waals surface area contributed by atoms with E-state index < -0.39 is 0 Å². The summed E-state index contributed by atoms with van der Waals surface area (Å²) in [5.74, 6) is 0. The summed E-state index contributed by atoms with van der Waals surface area (Å²) >= 11 is 0. The smallest absolute Gasteiger partial charge is 0.102 e. The minimum atomic E-state index is 0. The third-order valence-electron chi connectivity index (χ3n) is 0. The predicted octanol–water partition coefficient (Wildman–Crippen LogP) is 0.295. The van der Waals surface area contributed by atoms with Crippen LogP contribution < -0.4 is 0 Å². The number of rotatable bonds is 0. The number of hydrogen-bond acceptors (Lipinski definition) is 6. The van der Waals surface area contributed by atoms with Crippen LogP contribution in [-0.2, 0) is 15.6 Å². The summed E-state index contributed by atoms with van der Waals surface area (Å²) in [5.41, 5.74) is 0. The monoisotopic (exact) mass is 290 g/mol. The average molecular weight is 288 g/mol. The topological polar surface area (TPSA) is 148 Å². The van der Waals surface area contributed by atoms with Gasteiger partial charge in [-0.05, 0) is 0 Å². The van der Waals surface area contributed by atoms with E-state index in [1.807, 2.05) is 0 Å². The van der Waals surface area contributed by atoms with Gasteiger partial charge in [0.05, 0.1) is 0 Å². The Bertz CT molecular complexity index is 49.7. The molecule has 10 heteroatoms. The number of hydrogen-bond donors (Lipinski definition) is 0. The molecule has 0 heterocycles. The van der Waals surface area contributed by atoms with Crippen LogP contribution in [0.2, 0.25) is 0 Å². The zero-order chi connectivity index (χ0) is 8.12. The summed E-state index contributed by atoms with van der Waals surface area (Å²) in [6.07, 6.45) is 0. The molecule has 0 amide bonds. The molecule has 0 N–H and O–H groups in total. The summed E-state index contributed by atoms with van der Waals surface area (Å²) in [5, 5.41) is 27.0. The molecule has 3 radical (unpaired) electrons. The van der Waals surface area contributed by atoms with Gasteiger partial charge in [-0.15, -0.1) is 30.3 Å². The van der Waals surface area contributed by atoms with E-state index in [0.717, 1.165) is 16.0 Å². The molecule has 9 nitrogen and oxygen atoms in total. The molecule has 0 atom stereocenters. The number of nitrogens with zero attached hydrogens (tertiary/aromatic N) is 3. The van der Waals surface area contributed by atoms with Gasteiger partial charge in [-0.25, -0.2) is 0 Å². The average Bonchev–Trinajstić information content (AvgIpc) is 1.70. The van der Waals surface area contributed by atoms with Crippen molar-refractivity contribution >= 4 is 0 Å². The van der Waals surface area contributed by atoms with E-state index in [1.165, 1.54) is 0 Å². The Kier molecular flexibility index (Phi) is 171. The van der Waals surface area contributed by atoms with E-state index in [0.29, 0.717) is 0 Å². The van der Waals surface area contributed by atoms with E-state index in [2.05, 4.69) is 0 Å². The molecule has 0 saturated carbocycles. The van der Waals surface area contributed by atoms with Crippen LogP contribution in [0.1, 0.15) is 0 Å². The molecule has 0 fully saturated rings. The maximum Gasteiger partial charge on any atom is 0.204 e. The quantitative estimate of drug-likeness (QED) is 0.466. The summed E-state index contributed by atoms with van der Waals surface area (Å²) in [6.45, 7) is 0. The van der Waals surface area contributed by atoms with Gasteiger partial charge < -0.3 is 0 Å². The van der Waals surface area contributed by atoms with Gasteiger partial charge in [-0.3, -0.25) is 0 Å². The van der Waals surface area contributed by atoms with E-state index in [-0.39, 0.29) is 40.4 Å². The fourth-order valence-electron chi connectivity index (χ4n) is 0. The van der Waals surface area contributed by atoms with Crippen molar-refractivity contribution in [3.05, 3.63) is 14.7 Å². The molecule has 0 rings (SSSR count). The van der Waals surface area contributed by atoms with Gasteiger partial charge in [0.1, 0.15) is 0 Å². The molecule has 0 unspecified atom stereocenters. The molecule has 0 bridgehead atoms. The first-order valence-corrected chi connectivity index (χ1v) is 1.10. The molecule has 0 saturated heterocycles. The maximum atomic E-state index is 8.00. The Morgan fingerprint density at radius 1 is 0.600 bits per heavy atom. The summed E-state index contributed by atoms with van der Waals surface area (Å²) in [4.78, 5) is 24.0. The molecule has 0 aromatic heterocycles. The Hall–Kier alpha value is -0.462. The van der Waals surface area contributed by atoms with Gasteiger partial charge in [0.2, 0.25) is 16.0 Å².